The third-order valence-corrected chi connectivity index (χ3v) is 11.1. The fraction of sp³-hybridized carbons (Fsp3) is 0.395. The van der Waals surface area contributed by atoms with E-state index in [-0.39, 0.29) is 18.4 Å². The van der Waals surface area contributed by atoms with Crippen molar-refractivity contribution in [3.05, 3.63) is 124 Å². The molecule has 0 aromatic heterocycles. The van der Waals surface area contributed by atoms with Crippen molar-refractivity contribution in [3.8, 4) is 16.9 Å². The van der Waals surface area contributed by atoms with Gasteiger partial charge in [-0.2, -0.15) is 0 Å². The van der Waals surface area contributed by atoms with Crippen molar-refractivity contribution in [2.75, 3.05) is 52.4 Å². The number of fused-ring (bicyclic) bond motifs is 1. The van der Waals surface area contributed by atoms with Crippen molar-refractivity contribution in [1.29, 1.82) is 0 Å². The van der Waals surface area contributed by atoms with Crippen LogP contribution < -0.4 is 10.1 Å². The maximum Gasteiger partial charge on any atom is 0.408 e. The van der Waals surface area contributed by atoms with Crippen molar-refractivity contribution in [3.63, 3.8) is 0 Å². The van der Waals surface area contributed by atoms with Crippen LogP contribution in [0, 0.1) is 5.92 Å². The van der Waals surface area contributed by atoms with Gasteiger partial charge in [-0.1, -0.05) is 90.5 Å². The molecule has 2 saturated heterocycles. The zero-order chi connectivity index (χ0) is 35.7. The maximum absolute atomic E-state index is 14.3. The van der Waals surface area contributed by atoms with Crippen LogP contribution in [0.4, 0.5) is 4.79 Å². The number of nitrogens with zero attached hydrogens (tertiary/aromatic N) is 3. The second kappa shape index (κ2) is 17.4. The van der Waals surface area contributed by atoms with Crippen molar-refractivity contribution in [2.24, 2.45) is 5.92 Å². The van der Waals surface area contributed by atoms with E-state index in [9.17, 15) is 9.59 Å². The molecule has 0 radical (unpaired) electrons. The molecule has 7 rings (SSSR count). The van der Waals surface area contributed by atoms with Gasteiger partial charge in [0.05, 0.1) is 6.61 Å². The highest BCUT2D eigenvalue weighted by Gasteiger charge is 2.37. The van der Waals surface area contributed by atoms with Crippen molar-refractivity contribution in [2.45, 2.75) is 51.3 Å². The van der Waals surface area contributed by atoms with E-state index in [2.05, 4.69) is 69.7 Å². The smallest absolute Gasteiger partial charge is 0.408 e. The zero-order valence-corrected chi connectivity index (χ0v) is 30.6. The van der Waals surface area contributed by atoms with Crippen molar-refractivity contribution in [1.82, 2.24) is 20.0 Å². The van der Waals surface area contributed by atoms with Gasteiger partial charge in [0.1, 0.15) is 18.4 Å². The van der Waals surface area contributed by atoms with Gasteiger partial charge in [0.15, 0.2) is 0 Å². The number of hydrogen-bond acceptors (Lipinski definition) is 6. The first kappa shape index (κ1) is 36.0. The number of piperidine rings is 1. The van der Waals surface area contributed by atoms with E-state index in [1.807, 2.05) is 47.4 Å². The average molecular weight is 721 g/mol. The molecule has 4 aromatic rings. The minimum Gasteiger partial charge on any atom is -0.493 e. The van der Waals surface area contributed by atoms with E-state index in [1.54, 1.807) is 0 Å². The largest absolute Gasteiger partial charge is 0.493 e. The predicted molar refractivity (Wildman–Crippen MR) is 205 cm³/mol. The standard InChI is InChI=1S/C43H49ClN4O4/c44-37-16-17-38(33-11-5-2-6-12-33)35(29-37)20-23-46-21-18-34(19-22-46)41(45-43(50)52-31-32-9-3-1-4-10-32)42(49)48-26-24-47(25-27-48)30-36-13-7-15-40-39(36)14-8-28-51-40/h1-7,9-13,15-17,29,34,41H,8,14,18-28,30-31H2,(H,45,50)/t41-/m1/s1. The number of benzene rings is 4. The molecular weight excluding hydrogens is 672 g/mol. The van der Waals surface area contributed by atoms with Crippen LogP contribution >= 0.6 is 11.6 Å². The van der Waals surface area contributed by atoms with Crippen LogP contribution in [0.15, 0.2) is 97.1 Å². The number of piperazine rings is 1. The number of likely N-dealkylation sites (tertiary alicyclic amines) is 1. The molecule has 2 fully saturated rings. The van der Waals surface area contributed by atoms with Crippen LogP contribution in [0.25, 0.3) is 11.1 Å². The number of carbonyl (C=O) groups is 2. The second-order valence-electron chi connectivity index (χ2n) is 14.2. The Kier molecular flexibility index (Phi) is 12.1. The number of amides is 2. The molecule has 0 bridgehead atoms. The van der Waals surface area contributed by atoms with Gasteiger partial charge >= 0.3 is 6.09 Å². The lowest BCUT2D eigenvalue weighted by Crippen LogP contribution is -2.58. The Bertz CT molecular complexity index is 1790. The predicted octanol–water partition coefficient (Wildman–Crippen LogP) is 7.23. The van der Waals surface area contributed by atoms with Gasteiger partial charge < -0.3 is 24.6 Å². The van der Waals surface area contributed by atoms with Crippen LogP contribution in [0.1, 0.15) is 41.5 Å². The molecule has 1 N–H and O–H groups in total. The van der Waals surface area contributed by atoms with Crippen LogP contribution in [0.5, 0.6) is 5.75 Å². The van der Waals surface area contributed by atoms with E-state index in [4.69, 9.17) is 21.1 Å². The quantitative estimate of drug-likeness (QED) is 0.176. The Morgan fingerprint density at radius 2 is 1.58 bits per heavy atom. The van der Waals surface area contributed by atoms with E-state index < -0.39 is 12.1 Å². The van der Waals surface area contributed by atoms with Gasteiger partial charge in [0.2, 0.25) is 5.91 Å². The van der Waals surface area contributed by atoms with Gasteiger partial charge in [0, 0.05) is 44.3 Å². The van der Waals surface area contributed by atoms with Gasteiger partial charge in [0.25, 0.3) is 0 Å². The summed E-state index contributed by atoms with van der Waals surface area (Å²) >= 11 is 6.44. The number of rotatable bonds is 11. The molecule has 0 saturated carbocycles. The summed E-state index contributed by atoms with van der Waals surface area (Å²) in [6, 6.07) is 31.9. The minimum atomic E-state index is -0.632. The first-order valence-electron chi connectivity index (χ1n) is 18.8. The lowest BCUT2D eigenvalue weighted by molar-refractivity contribution is -0.137. The number of halogens is 1. The molecule has 0 spiro atoms. The Labute approximate surface area is 312 Å². The van der Waals surface area contributed by atoms with Crippen molar-refractivity contribution < 1.29 is 19.1 Å². The number of hydrogen-bond donors (Lipinski definition) is 1. The normalized spacial score (nSPS) is 17.5. The lowest BCUT2D eigenvalue weighted by atomic mass is 9.88. The highest BCUT2D eigenvalue weighted by molar-refractivity contribution is 6.30. The SMILES string of the molecule is O=C(N[C@@H](C(=O)N1CCN(Cc2cccc3c2CCCO3)CC1)C1CCN(CCc2cc(Cl)ccc2-c2ccccc2)CC1)OCc1ccccc1. The zero-order valence-electron chi connectivity index (χ0n) is 29.9. The summed E-state index contributed by atoms with van der Waals surface area (Å²) in [5.74, 6) is 1.03. The van der Waals surface area contributed by atoms with Crippen LogP contribution in [-0.4, -0.2) is 85.2 Å². The Morgan fingerprint density at radius 3 is 2.35 bits per heavy atom. The lowest BCUT2D eigenvalue weighted by Gasteiger charge is -2.40. The molecule has 8 nitrogen and oxygen atoms in total. The Morgan fingerprint density at radius 1 is 0.827 bits per heavy atom. The van der Waals surface area contributed by atoms with Gasteiger partial charge in [-0.15, -0.1) is 0 Å². The Hall–Kier alpha value is -4.37. The van der Waals surface area contributed by atoms with E-state index in [0.717, 1.165) is 94.3 Å². The number of ether oxygens (including phenoxy) is 2. The highest BCUT2D eigenvalue weighted by Crippen LogP contribution is 2.30. The molecular formula is C43H49ClN4O4. The Balaban J connectivity index is 0.971. The average Bonchev–Trinajstić information content (AvgIpc) is 3.19. The topological polar surface area (TPSA) is 74.4 Å². The molecule has 0 unspecified atom stereocenters. The monoisotopic (exact) mass is 720 g/mol. The molecule has 9 heteroatoms. The molecule has 3 heterocycles. The summed E-state index contributed by atoms with van der Waals surface area (Å²) in [5, 5.41) is 3.78. The number of alkyl carbamates (subject to hydrolysis) is 1. The fourth-order valence-corrected chi connectivity index (χ4v) is 8.10. The molecule has 272 valence electrons. The molecule has 52 heavy (non-hydrogen) atoms. The van der Waals surface area contributed by atoms with E-state index in [1.165, 1.54) is 27.8 Å². The summed E-state index contributed by atoms with van der Waals surface area (Å²) in [4.78, 5) is 34.3. The van der Waals surface area contributed by atoms with Crippen LogP contribution in [0.2, 0.25) is 5.02 Å². The first-order valence-corrected chi connectivity index (χ1v) is 19.2. The van der Waals surface area contributed by atoms with Gasteiger partial charge in [-0.05, 0) is 103 Å². The molecule has 0 aliphatic carbocycles. The molecule has 3 aliphatic rings. The summed E-state index contributed by atoms with van der Waals surface area (Å²) in [6.45, 7) is 7.23. The summed E-state index contributed by atoms with van der Waals surface area (Å²) in [7, 11) is 0. The maximum atomic E-state index is 14.3. The second-order valence-corrected chi connectivity index (χ2v) is 14.7. The van der Waals surface area contributed by atoms with E-state index >= 15 is 0 Å². The third kappa shape index (κ3) is 9.16. The number of nitrogens with one attached hydrogen (secondary N) is 1. The molecule has 2 amide bonds. The third-order valence-electron chi connectivity index (χ3n) is 10.8. The van der Waals surface area contributed by atoms with E-state index in [0.29, 0.717) is 13.1 Å². The highest BCUT2D eigenvalue weighted by atomic mass is 35.5. The van der Waals surface area contributed by atoms with Crippen molar-refractivity contribution >= 4 is 23.6 Å². The minimum absolute atomic E-state index is 0.00770. The van der Waals surface area contributed by atoms with Crippen LogP contribution in [-0.2, 0) is 35.5 Å². The summed E-state index contributed by atoms with van der Waals surface area (Å²) in [5.41, 5.74) is 7.18. The fourth-order valence-electron chi connectivity index (χ4n) is 7.90. The summed E-state index contributed by atoms with van der Waals surface area (Å²) < 4.78 is 11.5. The van der Waals surface area contributed by atoms with Gasteiger partial charge in [-0.3, -0.25) is 9.69 Å². The molecule has 1 atom stereocenters. The first-order chi connectivity index (χ1) is 25.5. The van der Waals surface area contributed by atoms with Crippen LogP contribution in [0.3, 0.4) is 0 Å². The molecule has 3 aliphatic heterocycles. The summed E-state index contributed by atoms with van der Waals surface area (Å²) in [6.07, 6.45) is 4.06. The molecule has 4 aromatic carbocycles. The number of carbonyl (C=O) groups excluding carboxylic acids is 2. The van der Waals surface area contributed by atoms with Gasteiger partial charge in [-0.25, -0.2) is 4.79 Å².